The summed E-state index contributed by atoms with van der Waals surface area (Å²) in [5.74, 6) is 0.701. The van der Waals surface area contributed by atoms with E-state index in [1.807, 2.05) is 0 Å². The monoisotopic (exact) mass is 303 g/mol. The Morgan fingerprint density at radius 3 is 2.36 bits per heavy atom. The smallest absolute Gasteiger partial charge is 0.111 e. The third-order valence-electron chi connectivity index (χ3n) is 5.31. The first kappa shape index (κ1) is 17.5. The van der Waals surface area contributed by atoms with Gasteiger partial charge in [-0.1, -0.05) is 70.9 Å². The number of nitrogens with zero attached hydrogens (tertiary/aromatic N) is 1. The zero-order valence-electron chi connectivity index (χ0n) is 15.2. The molecule has 4 atom stereocenters. The lowest BCUT2D eigenvalue weighted by molar-refractivity contribution is -0.0220. The van der Waals surface area contributed by atoms with Crippen LogP contribution in [0.5, 0.6) is 0 Å². The predicted octanol–water partition coefficient (Wildman–Crippen LogP) is 5.26. The van der Waals surface area contributed by atoms with Gasteiger partial charge in [0.05, 0.1) is 6.10 Å². The third-order valence-corrected chi connectivity index (χ3v) is 5.31. The molecular formula is C20H33NO. The number of hydrogen-bond acceptors (Lipinski definition) is 2. The first-order valence-electron chi connectivity index (χ1n) is 8.77. The summed E-state index contributed by atoms with van der Waals surface area (Å²) in [5, 5.41) is 0. The highest BCUT2D eigenvalue weighted by Gasteiger charge is 2.40. The van der Waals surface area contributed by atoms with E-state index in [4.69, 9.17) is 4.74 Å². The van der Waals surface area contributed by atoms with Gasteiger partial charge in [-0.2, -0.15) is 0 Å². The number of likely N-dealkylation sites (N-methyl/N-ethyl adjacent to an activating group) is 1. The lowest BCUT2D eigenvalue weighted by Crippen LogP contribution is -2.35. The maximum Gasteiger partial charge on any atom is 0.111 e. The second kappa shape index (κ2) is 7.14. The molecule has 0 saturated carbocycles. The van der Waals surface area contributed by atoms with Crippen molar-refractivity contribution in [3.63, 3.8) is 0 Å². The van der Waals surface area contributed by atoms with Gasteiger partial charge in [0.2, 0.25) is 0 Å². The Labute approximate surface area is 136 Å². The quantitative estimate of drug-likeness (QED) is 0.736. The normalized spacial score (nSPS) is 28.0. The molecule has 0 aromatic heterocycles. The van der Waals surface area contributed by atoms with Gasteiger partial charge in [0, 0.05) is 6.04 Å². The largest absolute Gasteiger partial charge is 0.354 e. The van der Waals surface area contributed by atoms with Gasteiger partial charge in [-0.05, 0) is 37.3 Å². The Bertz CT molecular complexity index is 451. The minimum atomic E-state index is 0.193. The van der Waals surface area contributed by atoms with Crippen molar-refractivity contribution in [2.45, 2.75) is 72.3 Å². The first-order valence-corrected chi connectivity index (χ1v) is 8.77. The van der Waals surface area contributed by atoms with Crippen LogP contribution >= 0.6 is 0 Å². The molecule has 22 heavy (non-hydrogen) atoms. The lowest BCUT2D eigenvalue weighted by Gasteiger charge is -2.34. The fourth-order valence-corrected chi connectivity index (χ4v) is 3.57. The van der Waals surface area contributed by atoms with Gasteiger partial charge in [0.15, 0.2) is 0 Å². The molecule has 1 heterocycles. The molecule has 2 rings (SSSR count). The van der Waals surface area contributed by atoms with Crippen molar-refractivity contribution in [3.8, 4) is 0 Å². The van der Waals surface area contributed by atoms with Gasteiger partial charge >= 0.3 is 0 Å². The average Bonchev–Trinajstić information content (AvgIpc) is 2.75. The highest BCUT2D eigenvalue weighted by molar-refractivity contribution is 5.20. The third kappa shape index (κ3) is 3.91. The summed E-state index contributed by atoms with van der Waals surface area (Å²) >= 11 is 0. The summed E-state index contributed by atoms with van der Waals surface area (Å²) in [6, 6.07) is 11.1. The Morgan fingerprint density at radius 1 is 1.18 bits per heavy atom. The van der Waals surface area contributed by atoms with Crippen LogP contribution in [-0.4, -0.2) is 24.2 Å². The van der Waals surface area contributed by atoms with Crippen LogP contribution in [0.1, 0.15) is 65.5 Å². The number of hydrogen-bond donors (Lipinski definition) is 0. The molecule has 0 radical (unpaired) electrons. The van der Waals surface area contributed by atoms with Crippen LogP contribution in [0, 0.1) is 11.3 Å². The molecule has 0 N–H and O–H groups in total. The van der Waals surface area contributed by atoms with Crippen molar-refractivity contribution in [1.82, 2.24) is 4.90 Å². The standard InChI is InChI=1S/C20H33NO/c1-7-11-17(20(3,4)5)14-18-21(6)15(2)19(22-18)16-12-9-8-10-13-16/h8-10,12-13,15,17-19H,7,11,14H2,1-6H3/t15-,17+,18-,19-/m0/s1. The van der Waals surface area contributed by atoms with Gasteiger partial charge in [-0.3, -0.25) is 4.90 Å². The molecule has 2 nitrogen and oxygen atoms in total. The van der Waals surface area contributed by atoms with E-state index in [9.17, 15) is 0 Å². The second-order valence-corrected chi connectivity index (χ2v) is 7.92. The van der Waals surface area contributed by atoms with Crippen LogP contribution in [0.15, 0.2) is 30.3 Å². The fraction of sp³-hybridized carbons (Fsp3) is 0.700. The molecule has 0 unspecified atom stereocenters. The second-order valence-electron chi connectivity index (χ2n) is 7.92. The van der Waals surface area contributed by atoms with Crippen molar-refractivity contribution in [2.24, 2.45) is 11.3 Å². The van der Waals surface area contributed by atoms with Crippen LogP contribution < -0.4 is 0 Å². The van der Waals surface area contributed by atoms with Crippen molar-refractivity contribution in [3.05, 3.63) is 35.9 Å². The molecule has 0 bridgehead atoms. The molecule has 0 spiro atoms. The van der Waals surface area contributed by atoms with E-state index >= 15 is 0 Å². The van der Waals surface area contributed by atoms with Gasteiger partial charge in [0.25, 0.3) is 0 Å². The minimum Gasteiger partial charge on any atom is -0.354 e. The molecule has 1 aromatic carbocycles. The van der Waals surface area contributed by atoms with Gasteiger partial charge in [0.1, 0.15) is 6.23 Å². The molecule has 0 amide bonds. The first-order chi connectivity index (χ1) is 10.3. The number of ether oxygens (including phenoxy) is 1. The minimum absolute atomic E-state index is 0.193. The van der Waals surface area contributed by atoms with Crippen LogP contribution in [0.25, 0.3) is 0 Å². The van der Waals surface area contributed by atoms with E-state index in [0.29, 0.717) is 17.4 Å². The highest BCUT2D eigenvalue weighted by Crippen LogP contribution is 2.40. The van der Waals surface area contributed by atoms with E-state index in [-0.39, 0.29) is 12.3 Å². The molecule has 1 saturated heterocycles. The number of benzene rings is 1. The van der Waals surface area contributed by atoms with Crippen molar-refractivity contribution < 1.29 is 4.74 Å². The molecular weight excluding hydrogens is 270 g/mol. The highest BCUT2D eigenvalue weighted by atomic mass is 16.5. The predicted molar refractivity (Wildman–Crippen MR) is 93.8 cm³/mol. The summed E-state index contributed by atoms with van der Waals surface area (Å²) in [6.45, 7) is 11.7. The maximum absolute atomic E-state index is 6.47. The van der Waals surface area contributed by atoms with Crippen molar-refractivity contribution in [1.29, 1.82) is 0 Å². The Hall–Kier alpha value is -0.860. The fourth-order valence-electron chi connectivity index (χ4n) is 3.57. The zero-order valence-corrected chi connectivity index (χ0v) is 15.2. The van der Waals surface area contributed by atoms with E-state index in [0.717, 1.165) is 6.42 Å². The van der Waals surface area contributed by atoms with Crippen LogP contribution in [0.2, 0.25) is 0 Å². The van der Waals surface area contributed by atoms with Gasteiger partial charge in [-0.25, -0.2) is 0 Å². The summed E-state index contributed by atoms with van der Waals surface area (Å²) < 4.78 is 6.47. The Morgan fingerprint density at radius 2 is 1.82 bits per heavy atom. The molecule has 124 valence electrons. The maximum atomic E-state index is 6.47. The van der Waals surface area contributed by atoms with E-state index in [1.165, 1.54) is 18.4 Å². The number of rotatable bonds is 5. The lowest BCUT2D eigenvalue weighted by atomic mass is 9.76. The molecule has 1 aromatic rings. The average molecular weight is 303 g/mol. The van der Waals surface area contributed by atoms with Crippen molar-refractivity contribution >= 4 is 0 Å². The van der Waals surface area contributed by atoms with E-state index < -0.39 is 0 Å². The zero-order chi connectivity index (χ0) is 16.3. The molecule has 1 fully saturated rings. The van der Waals surface area contributed by atoms with Crippen molar-refractivity contribution in [2.75, 3.05) is 7.05 Å². The molecule has 1 aliphatic rings. The molecule has 1 aliphatic heterocycles. The summed E-state index contributed by atoms with van der Waals surface area (Å²) in [4.78, 5) is 2.42. The molecule has 2 heteroatoms. The molecule has 0 aliphatic carbocycles. The van der Waals surface area contributed by atoms with Gasteiger partial charge in [-0.15, -0.1) is 0 Å². The summed E-state index contributed by atoms with van der Waals surface area (Å²) in [5.41, 5.74) is 1.64. The van der Waals surface area contributed by atoms with Crippen LogP contribution in [-0.2, 0) is 4.74 Å². The summed E-state index contributed by atoms with van der Waals surface area (Å²) in [6.07, 6.45) is 4.08. The Kier molecular flexibility index (Phi) is 5.68. The topological polar surface area (TPSA) is 12.5 Å². The summed E-state index contributed by atoms with van der Waals surface area (Å²) in [7, 11) is 2.21. The van der Waals surface area contributed by atoms with E-state index in [1.54, 1.807) is 0 Å². The van der Waals surface area contributed by atoms with E-state index in [2.05, 4.69) is 76.9 Å². The van der Waals surface area contributed by atoms with Crippen LogP contribution in [0.3, 0.4) is 0 Å². The van der Waals surface area contributed by atoms with Gasteiger partial charge < -0.3 is 4.74 Å². The SMILES string of the molecule is CCC[C@H](C[C@@H]1O[C@H](c2ccccc2)[C@H](C)N1C)C(C)(C)C. The Balaban J connectivity index is 2.09. The van der Waals surface area contributed by atoms with Crippen LogP contribution in [0.4, 0.5) is 0 Å².